The zero-order chi connectivity index (χ0) is 12.5. The number of Topliss-reactive ketones (excluding diaryl/α,β-unsaturated/α-hetero) is 1. The van der Waals surface area contributed by atoms with Gasteiger partial charge in [-0.2, -0.15) is 11.8 Å². The monoisotopic (exact) mass is 257 g/mol. The first-order chi connectivity index (χ1) is 8.74. The first-order valence-electron chi connectivity index (χ1n) is 6.27. The van der Waals surface area contributed by atoms with Crippen molar-refractivity contribution in [2.45, 2.75) is 25.0 Å². The Morgan fingerprint density at radius 1 is 1.33 bits per heavy atom. The van der Waals surface area contributed by atoms with Gasteiger partial charge in [-0.3, -0.25) is 9.78 Å². The molecule has 92 valence electrons. The molecule has 0 radical (unpaired) electrons. The summed E-state index contributed by atoms with van der Waals surface area (Å²) in [4.78, 5) is 16.8. The van der Waals surface area contributed by atoms with Crippen molar-refractivity contribution in [1.29, 1.82) is 0 Å². The minimum atomic E-state index is 0.167. The number of fused-ring (bicyclic) bond motifs is 1. The second kappa shape index (κ2) is 4.73. The van der Waals surface area contributed by atoms with Crippen LogP contribution in [-0.2, 0) is 0 Å². The molecule has 18 heavy (non-hydrogen) atoms. The smallest absolute Gasteiger partial charge is 0.175 e. The highest BCUT2D eigenvalue weighted by Gasteiger charge is 2.24. The van der Waals surface area contributed by atoms with Crippen LogP contribution in [0.4, 0.5) is 0 Å². The minimum Gasteiger partial charge on any atom is -0.293 e. The van der Waals surface area contributed by atoms with E-state index in [1.54, 1.807) is 11.8 Å². The van der Waals surface area contributed by atoms with Gasteiger partial charge in [-0.1, -0.05) is 6.07 Å². The Morgan fingerprint density at radius 3 is 3.00 bits per heavy atom. The first kappa shape index (κ1) is 11.7. The molecule has 3 rings (SSSR count). The van der Waals surface area contributed by atoms with Crippen LogP contribution >= 0.6 is 11.8 Å². The normalized spacial score (nSPS) is 19.3. The molecule has 0 N–H and O–H groups in total. The van der Waals surface area contributed by atoms with E-state index in [-0.39, 0.29) is 11.0 Å². The van der Waals surface area contributed by atoms with Crippen LogP contribution < -0.4 is 0 Å². The lowest BCUT2D eigenvalue weighted by Crippen LogP contribution is -2.13. The van der Waals surface area contributed by atoms with Crippen LogP contribution in [0.5, 0.6) is 0 Å². The number of pyridine rings is 1. The van der Waals surface area contributed by atoms with Gasteiger partial charge in [0, 0.05) is 16.6 Å². The van der Waals surface area contributed by atoms with Crippen molar-refractivity contribution < 1.29 is 4.79 Å². The van der Waals surface area contributed by atoms with Crippen molar-refractivity contribution in [3.8, 4) is 0 Å². The van der Waals surface area contributed by atoms with Gasteiger partial charge >= 0.3 is 0 Å². The summed E-state index contributed by atoms with van der Waals surface area (Å²) in [6.07, 6.45) is 2.18. The molecule has 3 heteroatoms. The van der Waals surface area contributed by atoms with Gasteiger partial charge in [0.1, 0.15) is 0 Å². The zero-order valence-electron chi connectivity index (χ0n) is 10.3. The molecule has 0 aliphatic carbocycles. The van der Waals surface area contributed by atoms with E-state index in [2.05, 4.69) is 4.98 Å². The molecule has 1 aliphatic rings. The molecule has 0 saturated carbocycles. The summed E-state index contributed by atoms with van der Waals surface area (Å²) in [5.41, 5.74) is 2.80. The SMILES string of the molecule is Cc1ccc2cc(C(=O)C3CCCS3)ccc2n1. The third kappa shape index (κ3) is 2.15. The predicted molar refractivity (Wildman–Crippen MR) is 76.3 cm³/mol. The molecule has 0 spiro atoms. The van der Waals surface area contributed by atoms with Crippen LogP contribution in [0.2, 0.25) is 0 Å². The number of carbonyl (C=O) groups excluding carboxylic acids is 1. The Hall–Kier alpha value is -1.35. The average molecular weight is 257 g/mol. The fourth-order valence-electron chi connectivity index (χ4n) is 2.35. The highest BCUT2D eigenvalue weighted by atomic mass is 32.2. The van der Waals surface area contributed by atoms with E-state index in [1.807, 2.05) is 37.3 Å². The van der Waals surface area contributed by atoms with E-state index in [9.17, 15) is 4.79 Å². The standard InChI is InChI=1S/C15H15NOS/c1-10-4-5-11-9-12(6-7-13(11)16-10)15(17)14-3-2-8-18-14/h4-7,9,14H,2-3,8H2,1H3. The van der Waals surface area contributed by atoms with Gasteiger partial charge in [-0.05, 0) is 49.8 Å². The molecule has 2 aromatic rings. The number of ketones is 1. The van der Waals surface area contributed by atoms with Crippen LogP contribution in [-0.4, -0.2) is 21.8 Å². The summed E-state index contributed by atoms with van der Waals surface area (Å²) in [7, 11) is 0. The summed E-state index contributed by atoms with van der Waals surface area (Å²) in [6.45, 7) is 1.98. The van der Waals surface area contributed by atoms with E-state index in [0.29, 0.717) is 0 Å². The lowest BCUT2D eigenvalue weighted by Gasteiger charge is -2.08. The van der Waals surface area contributed by atoms with Crippen molar-refractivity contribution in [3.63, 3.8) is 0 Å². The molecule has 1 aromatic heterocycles. The molecule has 1 atom stereocenters. The Kier molecular flexibility index (Phi) is 3.08. The van der Waals surface area contributed by atoms with Gasteiger partial charge in [0.15, 0.2) is 5.78 Å². The number of aromatic nitrogens is 1. The third-order valence-electron chi connectivity index (χ3n) is 3.34. The maximum Gasteiger partial charge on any atom is 0.175 e. The van der Waals surface area contributed by atoms with Crippen molar-refractivity contribution in [2.75, 3.05) is 5.75 Å². The highest BCUT2D eigenvalue weighted by molar-refractivity contribution is 8.00. The lowest BCUT2D eigenvalue weighted by molar-refractivity contribution is 0.0988. The van der Waals surface area contributed by atoms with Crippen LogP contribution in [0.15, 0.2) is 30.3 Å². The number of hydrogen-bond donors (Lipinski definition) is 0. The third-order valence-corrected chi connectivity index (χ3v) is 4.71. The molecule has 1 aliphatic heterocycles. The maximum absolute atomic E-state index is 12.3. The van der Waals surface area contributed by atoms with Gasteiger partial charge in [0.05, 0.1) is 10.8 Å². The predicted octanol–water partition coefficient (Wildman–Crippen LogP) is 3.62. The van der Waals surface area contributed by atoms with Crippen molar-refractivity contribution >= 4 is 28.4 Å². The topological polar surface area (TPSA) is 30.0 Å². The lowest BCUT2D eigenvalue weighted by atomic mass is 10.0. The summed E-state index contributed by atoms with van der Waals surface area (Å²) in [5, 5.41) is 1.22. The van der Waals surface area contributed by atoms with Crippen molar-refractivity contribution in [1.82, 2.24) is 4.98 Å². The minimum absolute atomic E-state index is 0.167. The fourth-order valence-corrected chi connectivity index (χ4v) is 3.59. The van der Waals surface area contributed by atoms with Crippen LogP contribution in [0, 0.1) is 6.92 Å². The number of hydrogen-bond acceptors (Lipinski definition) is 3. The Bertz CT molecular complexity index is 602. The molecule has 0 amide bonds. The Labute approximate surface area is 111 Å². The Balaban J connectivity index is 1.97. The molecule has 1 saturated heterocycles. The number of rotatable bonds is 2. The first-order valence-corrected chi connectivity index (χ1v) is 7.32. The van der Waals surface area contributed by atoms with E-state index in [4.69, 9.17) is 0 Å². The fraction of sp³-hybridized carbons (Fsp3) is 0.333. The molecule has 2 nitrogen and oxygen atoms in total. The highest BCUT2D eigenvalue weighted by Crippen LogP contribution is 2.29. The molecule has 2 heterocycles. The number of thioether (sulfide) groups is 1. The summed E-state index contributed by atoms with van der Waals surface area (Å²) < 4.78 is 0. The molecular formula is C15H15NOS. The number of nitrogens with zero attached hydrogens (tertiary/aromatic N) is 1. The number of carbonyl (C=O) groups is 1. The molecule has 0 bridgehead atoms. The van der Waals surface area contributed by atoms with Gasteiger partial charge in [-0.15, -0.1) is 0 Å². The molecule has 1 aromatic carbocycles. The average Bonchev–Trinajstić information content (AvgIpc) is 2.91. The molecule has 1 unspecified atom stereocenters. The molecule has 1 fully saturated rings. The number of aryl methyl sites for hydroxylation is 1. The van der Waals surface area contributed by atoms with Crippen LogP contribution in [0.3, 0.4) is 0 Å². The molecular weight excluding hydrogens is 242 g/mol. The quantitative estimate of drug-likeness (QED) is 0.770. The summed E-state index contributed by atoms with van der Waals surface area (Å²) in [5.74, 6) is 1.39. The van der Waals surface area contributed by atoms with Crippen LogP contribution in [0.25, 0.3) is 10.9 Å². The largest absolute Gasteiger partial charge is 0.293 e. The maximum atomic E-state index is 12.3. The van der Waals surface area contributed by atoms with Gasteiger partial charge in [-0.25, -0.2) is 0 Å². The van der Waals surface area contributed by atoms with E-state index < -0.39 is 0 Å². The summed E-state index contributed by atoms with van der Waals surface area (Å²) >= 11 is 1.79. The second-order valence-electron chi connectivity index (χ2n) is 4.73. The van der Waals surface area contributed by atoms with Gasteiger partial charge < -0.3 is 0 Å². The van der Waals surface area contributed by atoms with Crippen LogP contribution in [0.1, 0.15) is 28.9 Å². The van der Waals surface area contributed by atoms with Gasteiger partial charge in [0.2, 0.25) is 0 Å². The summed E-state index contributed by atoms with van der Waals surface area (Å²) in [6, 6.07) is 9.87. The zero-order valence-corrected chi connectivity index (χ0v) is 11.2. The van der Waals surface area contributed by atoms with E-state index >= 15 is 0 Å². The number of benzene rings is 1. The van der Waals surface area contributed by atoms with E-state index in [0.717, 1.165) is 40.8 Å². The van der Waals surface area contributed by atoms with Crippen molar-refractivity contribution in [2.24, 2.45) is 0 Å². The second-order valence-corrected chi connectivity index (χ2v) is 6.04. The van der Waals surface area contributed by atoms with Crippen molar-refractivity contribution in [3.05, 3.63) is 41.6 Å². The van der Waals surface area contributed by atoms with Gasteiger partial charge in [0.25, 0.3) is 0 Å². The van der Waals surface area contributed by atoms with E-state index in [1.165, 1.54) is 0 Å². The Morgan fingerprint density at radius 2 is 2.22 bits per heavy atom.